The smallest absolute Gasteiger partial charge is 0.145 e. The van der Waals surface area contributed by atoms with Crippen LogP contribution in [0.15, 0.2) is 42.5 Å². The summed E-state index contributed by atoms with van der Waals surface area (Å²) < 4.78 is 6.76. The van der Waals surface area contributed by atoms with Crippen LogP contribution in [0.2, 0.25) is 0 Å². The molecule has 2 N–H and O–H groups in total. The number of nitrogens with zero attached hydrogens (tertiary/aromatic N) is 1. The van der Waals surface area contributed by atoms with Crippen molar-refractivity contribution < 1.29 is 4.74 Å². The predicted molar refractivity (Wildman–Crippen MR) is 78.3 cm³/mol. The Bertz CT molecular complexity index is 605. The molecule has 0 atom stereocenters. The third kappa shape index (κ3) is 2.81. The summed E-state index contributed by atoms with van der Waals surface area (Å²) >= 11 is 2.20. The molecule has 2 aromatic carbocycles. The highest BCUT2D eigenvalue weighted by Gasteiger charge is 2.07. The van der Waals surface area contributed by atoms with Crippen molar-refractivity contribution in [1.29, 1.82) is 5.26 Å². The van der Waals surface area contributed by atoms with Crippen LogP contribution in [0.1, 0.15) is 11.1 Å². The van der Waals surface area contributed by atoms with E-state index < -0.39 is 0 Å². The predicted octanol–water partition coefficient (Wildman–Crippen LogP) is 3.41. The van der Waals surface area contributed by atoms with Gasteiger partial charge in [0.2, 0.25) is 0 Å². The highest BCUT2D eigenvalue weighted by molar-refractivity contribution is 14.1. The number of hydrogen-bond acceptors (Lipinski definition) is 3. The van der Waals surface area contributed by atoms with Gasteiger partial charge in [-0.05, 0) is 52.4 Å². The van der Waals surface area contributed by atoms with Crippen molar-refractivity contribution in [3.8, 4) is 17.6 Å². The number of halogens is 1. The second-order valence-corrected chi connectivity index (χ2v) is 4.84. The monoisotopic (exact) mass is 350 g/mol. The normalized spacial score (nSPS) is 9.83. The van der Waals surface area contributed by atoms with Crippen LogP contribution in [-0.2, 0) is 6.54 Å². The van der Waals surface area contributed by atoms with E-state index in [4.69, 9.17) is 15.7 Å². The molecule has 0 fully saturated rings. The molecule has 0 amide bonds. The maximum Gasteiger partial charge on any atom is 0.145 e. The molecule has 18 heavy (non-hydrogen) atoms. The van der Waals surface area contributed by atoms with Gasteiger partial charge in [0.1, 0.15) is 17.6 Å². The van der Waals surface area contributed by atoms with E-state index >= 15 is 0 Å². The number of benzene rings is 2. The van der Waals surface area contributed by atoms with Gasteiger partial charge in [-0.2, -0.15) is 5.26 Å². The van der Waals surface area contributed by atoms with Crippen molar-refractivity contribution >= 4 is 22.6 Å². The zero-order valence-electron chi connectivity index (χ0n) is 9.56. The fourth-order valence-electron chi connectivity index (χ4n) is 1.53. The third-order valence-electron chi connectivity index (χ3n) is 2.46. The quantitative estimate of drug-likeness (QED) is 0.863. The van der Waals surface area contributed by atoms with Gasteiger partial charge in [-0.15, -0.1) is 0 Å². The molecular formula is C14H11IN2O. The van der Waals surface area contributed by atoms with Crippen molar-refractivity contribution in [1.82, 2.24) is 0 Å². The Morgan fingerprint density at radius 3 is 2.61 bits per heavy atom. The lowest BCUT2D eigenvalue weighted by molar-refractivity contribution is 0.477. The molecule has 90 valence electrons. The van der Waals surface area contributed by atoms with E-state index in [1.165, 1.54) is 0 Å². The summed E-state index contributed by atoms with van der Waals surface area (Å²) in [6.45, 7) is 0.415. The molecule has 0 aromatic heterocycles. The minimum absolute atomic E-state index is 0.415. The van der Waals surface area contributed by atoms with Gasteiger partial charge in [-0.1, -0.05) is 18.2 Å². The minimum atomic E-state index is 0.415. The molecule has 0 spiro atoms. The summed E-state index contributed by atoms with van der Waals surface area (Å²) in [6.07, 6.45) is 0. The van der Waals surface area contributed by atoms with Crippen molar-refractivity contribution in [3.63, 3.8) is 0 Å². The molecule has 0 aliphatic heterocycles. The van der Waals surface area contributed by atoms with Crippen molar-refractivity contribution in [3.05, 3.63) is 57.2 Å². The summed E-state index contributed by atoms with van der Waals surface area (Å²) in [5.41, 5.74) is 6.96. The second kappa shape index (κ2) is 5.85. The fourth-order valence-corrected chi connectivity index (χ4v) is 2.02. The molecular weight excluding hydrogens is 339 g/mol. The number of rotatable bonds is 3. The van der Waals surface area contributed by atoms with Gasteiger partial charge in [0.25, 0.3) is 0 Å². The van der Waals surface area contributed by atoms with E-state index in [1.807, 2.05) is 30.3 Å². The first kappa shape index (κ1) is 12.9. The number of nitriles is 1. The van der Waals surface area contributed by atoms with Gasteiger partial charge >= 0.3 is 0 Å². The molecule has 0 saturated heterocycles. The van der Waals surface area contributed by atoms with Crippen LogP contribution in [0.25, 0.3) is 0 Å². The SMILES string of the molecule is N#Cc1cc(CN)ccc1Oc1ccccc1I. The number of nitrogens with two attached hydrogens (primary N) is 1. The van der Waals surface area contributed by atoms with Crippen LogP contribution < -0.4 is 10.5 Å². The maximum atomic E-state index is 9.11. The second-order valence-electron chi connectivity index (χ2n) is 3.68. The van der Waals surface area contributed by atoms with Crippen LogP contribution in [0, 0.1) is 14.9 Å². The van der Waals surface area contributed by atoms with Gasteiger partial charge in [0.15, 0.2) is 0 Å². The Labute approximate surface area is 119 Å². The van der Waals surface area contributed by atoms with Gasteiger partial charge in [0, 0.05) is 6.54 Å². The topological polar surface area (TPSA) is 59.0 Å². The standard InChI is InChI=1S/C14H11IN2O/c15-12-3-1-2-4-14(12)18-13-6-5-10(8-16)7-11(13)9-17/h1-7H,8,16H2. The zero-order valence-corrected chi connectivity index (χ0v) is 11.7. The number of ether oxygens (including phenoxy) is 1. The van der Waals surface area contributed by atoms with Crippen LogP contribution in [0.4, 0.5) is 0 Å². The summed E-state index contributed by atoms with van der Waals surface area (Å²) in [6, 6.07) is 15.2. The molecule has 2 aromatic rings. The van der Waals surface area contributed by atoms with Gasteiger partial charge in [0.05, 0.1) is 9.13 Å². The fraction of sp³-hybridized carbons (Fsp3) is 0.0714. The molecule has 2 rings (SSSR count). The first-order chi connectivity index (χ1) is 8.74. The van der Waals surface area contributed by atoms with Gasteiger partial charge in [-0.3, -0.25) is 0 Å². The zero-order chi connectivity index (χ0) is 13.0. The van der Waals surface area contributed by atoms with Gasteiger partial charge in [-0.25, -0.2) is 0 Å². The largest absolute Gasteiger partial charge is 0.455 e. The van der Waals surface area contributed by atoms with E-state index in [-0.39, 0.29) is 0 Å². The third-order valence-corrected chi connectivity index (χ3v) is 3.35. The summed E-state index contributed by atoms with van der Waals surface area (Å²) in [5, 5.41) is 9.11. The summed E-state index contributed by atoms with van der Waals surface area (Å²) in [4.78, 5) is 0. The first-order valence-electron chi connectivity index (χ1n) is 5.40. The molecule has 0 aliphatic rings. The first-order valence-corrected chi connectivity index (χ1v) is 6.48. The van der Waals surface area contributed by atoms with E-state index in [1.54, 1.807) is 12.1 Å². The lowest BCUT2D eigenvalue weighted by atomic mass is 10.1. The molecule has 0 aliphatic carbocycles. The maximum absolute atomic E-state index is 9.11. The Balaban J connectivity index is 2.35. The van der Waals surface area contributed by atoms with Crippen LogP contribution in [0.3, 0.4) is 0 Å². The van der Waals surface area contributed by atoms with Crippen molar-refractivity contribution in [2.75, 3.05) is 0 Å². The van der Waals surface area contributed by atoms with E-state index in [2.05, 4.69) is 28.7 Å². The molecule has 0 radical (unpaired) electrons. The number of hydrogen-bond donors (Lipinski definition) is 1. The van der Waals surface area contributed by atoms with Crippen LogP contribution >= 0.6 is 22.6 Å². The Hall–Kier alpha value is -1.58. The summed E-state index contributed by atoms with van der Waals surface area (Å²) in [7, 11) is 0. The summed E-state index contributed by atoms with van der Waals surface area (Å²) in [5.74, 6) is 1.30. The molecule has 3 nitrogen and oxygen atoms in total. The Kier molecular flexibility index (Phi) is 4.18. The molecule has 0 heterocycles. The molecule has 0 unspecified atom stereocenters. The highest BCUT2D eigenvalue weighted by atomic mass is 127. The Morgan fingerprint density at radius 1 is 1.17 bits per heavy atom. The molecule has 4 heteroatoms. The Morgan fingerprint density at radius 2 is 1.94 bits per heavy atom. The van der Waals surface area contributed by atoms with E-state index in [0.717, 1.165) is 14.9 Å². The van der Waals surface area contributed by atoms with E-state index in [9.17, 15) is 0 Å². The van der Waals surface area contributed by atoms with Crippen molar-refractivity contribution in [2.24, 2.45) is 5.73 Å². The molecule has 0 saturated carbocycles. The van der Waals surface area contributed by atoms with E-state index in [0.29, 0.717) is 17.9 Å². The van der Waals surface area contributed by atoms with Gasteiger partial charge < -0.3 is 10.5 Å². The lowest BCUT2D eigenvalue weighted by Gasteiger charge is -2.09. The minimum Gasteiger partial charge on any atom is -0.455 e. The lowest BCUT2D eigenvalue weighted by Crippen LogP contribution is -1.98. The average molecular weight is 350 g/mol. The van der Waals surface area contributed by atoms with Crippen LogP contribution in [-0.4, -0.2) is 0 Å². The number of para-hydroxylation sites is 1. The molecule has 0 bridgehead atoms. The highest BCUT2D eigenvalue weighted by Crippen LogP contribution is 2.29. The van der Waals surface area contributed by atoms with Crippen molar-refractivity contribution in [2.45, 2.75) is 6.54 Å². The average Bonchev–Trinajstić information content (AvgIpc) is 2.41. The van der Waals surface area contributed by atoms with Crippen LogP contribution in [0.5, 0.6) is 11.5 Å².